The van der Waals surface area contributed by atoms with E-state index in [0.29, 0.717) is 24.4 Å². The Hall–Kier alpha value is -3.10. The first-order valence-corrected chi connectivity index (χ1v) is 8.26. The van der Waals surface area contributed by atoms with E-state index in [0.717, 1.165) is 12.6 Å². The molecule has 1 atom stereocenters. The highest BCUT2D eigenvalue weighted by atomic mass is 19.1. The predicted octanol–water partition coefficient (Wildman–Crippen LogP) is 2.45. The summed E-state index contributed by atoms with van der Waals surface area (Å²) in [5, 5.41) is 7.00. The highest BCUT2D eigenvalue weighted by Gasteiger charge is 2.21. The number of nitrogens with zero attached hydrogens (tertiary/aromatic N) is 5. The van der Waals surface area contributed by atoms with Gasteiger partial charge in [0.2, 0.25) is 0 Å². The fourth-order valence-electron chi connectivity index (χ4n) is 3.00. The third-order valence-electron chi connectivity index (χ3n) is 4.23. The number of aromatic nitrogens is 4. The van der Waals surface area contributed by atoms with Gasteiger partial charge in [-0.2, -0.15) is 0 Å². The van der Waals surface area contributed by atoms with Gasteiger partial charge < -0.3 is 10.2 Å². The molecule has 1 saturated heterocycles. The molecule has 0 spiro atoms. The SMILES string of the molecule is O=C(Nc1cncc(F)c1)c1cnc2ccc(N3CCCC(F)C3)nn12. The molecule has 9 heteroatoms. The number of amides is 1. The van der Waals surface area contributed by atoms with Gasteiger partial charge in [0.25, 0.3) is 5.91 Å². The van der Waals surface area contributed by atoms with Crippen LogP contribution < -0.4 is 10.2 Å². The van der Waals surface area contributed by atoms with Crippen LogP contribution in [0.25, 0.3) is 5.65 Å². The number of hydrogen-bond acceptors (Lipinski definition) is 5. The zero-order valence-corrected chi connectivity index (χ0v) is 13.8. The van der Waals surface area contributed by atoms with E-state index in [2.05, 4.69) is 20.4 Å². The van der Waals surface area contributed by atoms with E-state index in [1.54, 1.807) is 12.1 Å². The van der Waals surface area contributed by atoms with E-state index in [-0.39, 0.29) is 17.9 Å². The molecule has 1 aliphatic rings. The second-order valence-electron chi connectivity index (χ2n) is 6.14. The summed E-state index contributed by atoms with van der Waals surface area (Å²) in [7, 11) is 0. The van der Waals surface area contributed by atoms with Crippen molar-refractivity contribution in [3.8, 4) is 0 Å². The number of fused-ring (bicyclic) bond motifs is 1. The molecule has 1 amide bonds. The molecule has 7 nitrogen and oxygen atoms in total. The van der Waals surface area contributed by atoms with Crippen molar-refractivity contribution in [2.75, 3.05) is 23.3 Å². The first-order valence-electron chi connectivity index (χ1n) is 8.26. The number of halogens is 2. The Morgan fingerprint density at radius 1 is 1.27 bits per heavy atom. The summed E-state index contributed by atoms with van der Waals surface area (Å²) in [6.45, 7) is 0.994. The molecule has 0 bridgehead atoms. The number of piperidine rings is 1. The van der Waals surface area contributed by atoms with Gasteiger partial charge in [-0.15, -0.1) is 5.10 Å². The van der Waals surface area contributed by atoms with E-state index in [4.69, 9.17) is 0 Å². The van der Waals surface area contributed by atoms with Crippen LogP contribution in [0.5, 0.6) is 0 Å². The topological polar surface area (TPSA) is 75.4 Å². The first-order chi connectivity index (χ1) is 12.6. The molecular weight excluding hydrogens is 342 g/mol. The molecule has 0 aromatic carbocycles. The van der Waals surface area contributed by atoms with Gasteiger partial charge in [-0.1, -0.05) is 0 Å². The van der Waals surface area contributed by atoms with Crippen molar-refractivity contribution < 1.29 is 13.6 Å². The smallest absolute Gasteiger partial charge is 0.276 e. The van der Waals surface area contributed by atoms with Gasteiger partial charge in [0.05, 0.1) is 30.8 Å². The molecule has 0 saturated carbocycles. The van der Waals surface area contributed by atoms with Crippen LogP contribution in [0, 0.1) is 5.82 Å². The Kier molecular flexibility index (Phi) is 4.19. The van der Waals surface area contributed by atoms with E-state index >= 15 is 0 Å². The maximum absolute atomic E-state index is 13.7. The average Bonchev–Trinajstić information content (AvgIpc) is 3.05. The molecule has 1 N–H and O–H groups in total. The number of carbonyl (C=O) groups is 1. The molecule has 0 aliphatic carbocycles. The molecule has 3 aromatic rings. The summed E-state index contributed by atoms with van der Waals surface area (Å²) in [4.78, 5) is 22.2. The molecule has 1 fully saturated rings. The highest BCUT2D eigenvalue weighted by molar-refractivity contribution is 6.03. The number of anilines is 2. The van der Waals surface area contributed by atoms with Gasteiger partial charge in [0.15, 0.2) is 11.3 Å². The van der Waals surface area contributed by atoms with Gasteiger partial charge in [0.1, 0.15) is 17.8 Å². The van der Waals surface area contributed by atoms with Gasteiger partial charge >= 0.3 is 0 Å². The van der Waals surface area contributed by atoms with Crippen molar-refractivity contribution in [3.63, 3.8) is 0 Å². The molecule has 0 radical (unpaired) electrons. The molecule has 4 heterocycles. The lowest BCUT2D eigenvalue weighted by molar-refractivity contribution is 0.102. The van der Waals surface area contributed by atoms with Crippen molar-refractivity contribution in [3.05, 3.63) is 48.3 Å². The summed E-state index contributed by atoms with van der Waals surface area (Å²) in [6, 6.07) is 4.66. The fraction of sp³-hybridized carbons (Fsp3) is 0.294. The Morgan fingerprint density at radius 3 is 2.96 bits per heavy atom. The third kappa shape index (κ3) is 3.19. The number of carbonyl (C=O) groups excluding carboxylic acids is 1. The Bertz CT molecular complexity index is 959. The van der Waals surface area contributed by atoms with Crippen LogP contribution in [0.15, 0.2) is 36.8 Å². The van der Waals surface area contributed by atoms with Crippen molar-refractivity contribution in [2.24, 2.45) is 0 Å². The molecule has 1 unspecified atom stereocenters. The van der Waals surface area contributed by atoms with Crippen LogP contribution in [0.2, 0.25) is 0 Å². The average molecular weight is 358 g/mol. The Morgan fingerprint density at radius 2 is 2.15 bits per heavy atom. The van der Waals surface area contributed by atoms with Crippen molar-refractivity contribution in [1.82, 2.24) is 19.6 Å². The lowest BCUT2D eigenvalue weighted by atomic mass is 10.1. The lowest BCUT2D eigenvalue weighted by Crippen LogP contribution is -2.37. The van der Waals surface area contributed by atoms with Crippen LogP contribution in [0.1, 0.15) is 23.3 Å². The van der Waals surface area contributed by atoms with Crippen LogP contribution in [-0.2, 0) is 0 Å². The summed E-state index contributed by atoms with van der Waals surface area (Å²) < 4.78 is 28.3. The number of alkyl halides is 1. The Balaban J connectivity index is 1.63. The van der Waals surface area contributed by atoms with E-state index in [1.165, 1.54) is 23.0 Å². The lowest BCUT2D eigenvalue weighted by Gasteiger charge is -2.29. The van der Waals surface area contributed by atoms with Crippen molar-refractivity contribution in [2.45, 2.75) is 19.0 Å². The standard InChI is InChI=1S/C17H16F2N6O/c18-11-2-1-5-24(10-11)16-4-3-15-21-9-14(25(15)23-16)17(26)22-13-6-12(19)7-20-8-13/h3-4,6-9,11H,1-2,5,10H2,(H,22,26). The molecule has 3 aromatic heterocycles. The fourth-order valence-corrected chi connectivity index (χ4v) is 3.00. The van der Waals surface area contributed by atoms with E-state index in [9.17, 15) is 13.6 Å². The Labute approximate surface area is 147 Å². The second-order valence-corrected chi connectivity index (χ2v) is 6.14. The quantitative estimate of drug-likeness (QED) is 0.778. The minimum Gasteiger partial charge on any atom is -0.352 e. The molecule has 134 valence electrons. The van der Waals surface area contributed by atoms with Gasteiger partial charge in [-0.05, 0) is 25.0 Å². The number of rotatable bonds is 3. The maximum Gasteiger partial charge on any atom is 0.276 e. The van der Waals surface area contributed by atoms with Crippen LogP contribution >= 0.6 is 0 Å². The largest absolute Gasteiger partial charge is 0.352 e. The number of imidazole rings is 1. The normalized spacial score (nSPS) is 17.5. The monoisotopic (exact) mass is 358 g/mol. The van der Waals surface area contributed by atoms with E-state index < -0.39 is 17.9 Å². The van der Waals surface area contributed by atoms with Gasteiger partial charge in [0, 0.05) is 12.6 Å². The molecular formula is C17H16F2N6O. The zero-order chi connectivity index (χ0) is 18.1. The number of nitrogens with one attached hydrogen (secondary N) is 1. The third-order valence-corrected chi connectivity index (χ3v) is 4.23. The molecule has 4 rings (SSSR count). The zero-order valence-electron chi connectivity index (χ0n) is 13.8. The number of hydrogen-bond donors (Lipinski definition) is 1. The predicted molar refractivity (Wildman–Crippen MR) is 91.5 cm³/mol. The van der Waals surface area contributed by atoms with Crippen molar-refractivity contribution >= 4 is 23.1 Å². The van der Waals surface area contributed by atoms with Crippen LogP contribution in [0.4, 0.5) is 20.3 Å². The summed E-state index contributed by atoms with van der Waals surface area (Å²) >= 11 is 0. The first kappa shape index (κ1) is 16.4. The minimum absolute atomic E-state index is 0.194. The van der Waals surface area contributed by atoms with Crippen LogP contribution in [-0.4, -0.2) is 44.8 Å². The summed E-state index contributed by atoms with van der Waals surface area (Å²) in [5.74, 6) is -0.455. The molecule has 26 heavy (non-hydrogen) atoms. The minimum atomic E-state index is -0.882. The highest BCUT2D eigenvalue weighted by Crippen LogP contribution is 2.20. The molecule has 1 aliphatic heterocycles. The summed E-state index contributed by atoms with van der Waals surface area (Å²) in [5.41, 5.74) is 0.919. The maximum atomic E-state index is 13.7. The van der Waals surface area contributed by atoms with Gasteiger partial charge in [-0.25, -0.2) is 18.3 Å². The second kappa shape index (κ2) is 6.66. The van der Waals surface area contributed by atoms with E-state index in [1.807, 2.05) is 4.90 Å². The number of pyridine rings is 1. The van der Waals surface area contributed by atoms with Gasteiger partial charge in [-0.3, -0.25) is 9.78 Å². The summed E-state index contributed by atoms with van der Waals surface area (Å²) in [6.07, 6.45) is 4.21. The van der Waals surface area contributed by atoms with Crippen molar-refractivity contribution in [1.29, 1.82) is 0 Å². The van der Waals surface area contributed by atoms with Crippen LogP contribution in [0.3, 0.4) is 0 Å².